The standard InChI is InChI=1S/C26H20F3NO2/c1-2-18-11-13-19(14-12-18)15-16-25(32)21-9-6-10-22(26(27,28)29)23(21)30(24(25)31)17-20-7-4-3-5-8-20/h3-14,32H,2,17H2,1H3/t25-/m0/s1. The molecule has 1 aliphatic rings. The fourth-order valence-corrected chi connectivity index (χ4v) is 3.79. The molecule has 3 aromatic rings. The summed E-state index contributed by atoms with van der Waals surface area (Å²) in [6.07, 6.45) is -3.85. The van der Waals surface area contributed by atoms with Crippen LogP contribution in [0.1, 0.15) is 34.7 Å². The molecule has 0 saturated heterocycles. The molecule has 4 rings (SSSR count). The van der Waals surface area contributed by atoms with Crippen molar-refractivity contribution < 1.29 is 23.1 Å². The number of nitrogens with zero attached hydrogens (tertiary/aromatic N) is 1. The Kier molecular flexibility index (Phi) is 5.53. The summed E-state index contributed by atoms with van der Waals surface area (Å²) in [7, 11) is 0. The highest BCUT2D eigenvalue weighted by molar-refractivity contribution is 6.09. The number of benzene rings is 3. The highest BCUT2D eigenvalue weighted by atomic mass is 19.4. The molecule has 0 aromatic heterocycles. The van der Waals surface area contributed by atoms with Gasteiger partial charge in [-0.15, -0.1) is 0 Å². The van der Waals surface area contributed by atoms with Gasteiger partial charge in [0.15, 0.2) is 0 Å². The van der Waals surface area contributed by atoms with E-state index in [1.807, 2.05) is 19.1 Å². The number of halogens is 3. The van der Waals surface area contributed by atoms with Gasteiger partial charge in [-0.25, -0.2) is 0 Å². The third-order valence-corrected chi connectivity index (χ3v) is 5.49. The summed E-state index contributed by atoms with van der Waals surface area (Å²) in [6.45, 7) is 1.89. The number of hydrogen-bond acceptors (Lipinski definition) is 2. The molecule has 0 saturated carbocycles. The molecule has 1 atom stereocenters. The quantitative estimate of drug-likeness (QED) is 0.585. The first kappa shape index (κ1) is 21.7. The van der Waals surface area contributed by atoms with Crippen LogP contribution in [0.25, 0.3) is 0 Å². The lowest BCUT2D eigenvalue weighted by Gasteiger charge is -2.21. The molecule has 0 fully saturated rings. The van der Waals surface area contributed by atoms with Gasteiger partial charge in [-0.3, -0.25) is 4.79 Å². The molecule has 0 radical (unpaired) electrons. The van der Waals surface area contributed by atoms with Gasteiger partial charge in [-0.1, -0.05) is 67.4 Å². The number of rotatable bonds is 3. The van der Waals surface area contributed by atoms with Crippen LogP contribution in [-0.4, -0.2) is 11.0 Å². The molecule has 3 nitrogen and oxygen atoms in total. The van der Waals surface area contributed by atoms with Crippen LogP contribution in [0.15, 0.2) is 72.8 Å². The first-order valence-electron chi connectivity index (χ1n) is 10.1. The lowest BCUT2D eigenvalue weighted by molar-refractivity contribution is -0.137. The molecule has 0 spiro atoms. The van der Waals surface area contributed by atoms with Crippen LogP contribution in [0.3, 0.4) is 0 Å². The number of amides is 1. The number of fused-ring (bicyclic) bond motifs is 1. The minimum atomic E-state index is -4.70. The minimum Gasteiger partial charge on any atom is -0.366 e. The maximum absolute atomic E-state index is 13.8. The van der Waals surface area contributed by atoms with Crippen molar-refractivity contribution in [1.82, 2.24) is 0 Å². The van der Waals surface area contributed by atoms with Crippen LogP contribution in [0.5, 0.6) is 0 Å². The molecule has 32 heavy (non-hydrogen) atoms. The van der Waals surface area contributed by atoms with Crippen molar-refractivity contribution in [2.75, 3.05) is 4.90 Å². The zero-order chi connectivity index (χ0) is 22.9. The SMILES string of the molecule is CCc1ccc(C#C[C@@]2(O)C(=O)N(Cc3ccccc3)c3c(C(F)(F)F)cccc32)cc1. The van der Waals surface area contributed by atoms with Gasteiger partial charge in [0.05, 0.1) is 17.8 Å². The zero-order valence-corrected chi connectivity index (χ0v) is 17.3. The van der Waals surface area contributed by atoms with Gasteiger partial charge >= 0.3 is 6.18 Å². The van der Waals surface area contributed by atoms with Crippen molar-refractivity contribution in [3.8, 4) is 11.8 Å². The van der Waals surface area contributed by atoms with E-state index in [1.54, 1.807) is 42.5 Å². The van der Waals surface area contributed by atoms with Gasteiger partial charge in [0.2, 0.25) is 5.60 Å². The molecule has 0 aliphatic carbocycles. The second kappa shape index (κ2) is 8.18. The Hall–Kier alpha value is -3.56. The second-order valence-electron chi connectivity index (χ2n) is 7.59. The second-order valence-corrected chi connectivity index (χ2v) is 7.59. The van der Waals surface area contributed by atoms with Crippen LogP contribution in [0.4, 0.5) is 18.9 Å². The third-order valence-electron chi connectivity index (χ3n) is 5.49. The predicted molar refractivity (Wildman–Crippen MR) is 116 cm³/mol. The fourth-order valence-electron chi connectivity index (χ4n) is 3.79. The van der Waals surface area contributed by atoms with E-state index in [0.717, 1.165) is 23.0 Å². The van der Waals surface area contributed by atoms with E-state index < -0.39 is 23.2 Å². The number of alkyl halides is 3. The maximum Gasteiger partial charge on any atom is 0.418 e. The molecule has 1 aliphatic heterocycles. The van der Waals surface area contributed by atoms with Gasteiger partial charge in [0.1, 0.15) is 0 Å². The van der Waals surface area contributed by atoms with Crippen LogP contribution < -0.4 is 4.90 Å². The number of aryl methyl sites for hydroxylation is 1. The van der Waals surface area contributed by atoms with Crippen LogP contribution >= 0.6 is 0 Å². The largest absolute Gasteiger partial charge is 0.418 e. The number of carbonyl (C=O) groups excluding carboxylic acids is 1. The van der Waals surface area contributed by atoms with E-state index in [9.17, 15) is 23.1 Å². The van der Waals surface area contributed by atoms with Crippen LogP contribution in [0.2, 0.25) is 0 Å². The topological polar surface area (TPSA) is 40.5 Å². The van der Waals surface area contributed by atoms with E-state index in [0.29, 0.717) is 11.1 Å². The average molecular weight is 435 g/mol. The van der Waals surface area contributed by atoms with E-state index in [-0.39, 0.29) is 17.8 Å². The summed E-state index contributed by atoms with van der Waals surface area (Å²) >= 11 is 0. The Morgan fingerprint density at radius 2 is 1.62 bits per heavy atom. The molecular formula is C26H20F3NO2. The molecule has 1 heterocycles. The molecule has 1 N–H and O–H groups in total. The summed E-state index contributed by atoms with van der Waals surface area (Å²) in [4.78, 5) is 14.3. The molecule has 0 bridgehead atoms. The molecule has 6 heteroatoms. The third kappa shape index (κ3) is 3.88. The summed E-state index contributed by atoms with van der Waals surface area (Å²) in [5, 5.41) is 11.3. The summed E-state index contributed by atoms with van der Waals surface area (Å²) in [6, 6.07) is 19.3. The first-order valence-corrected chi connectivity index (χ1v) is 10.1. The van der Waals surface area contributed by atoms with Crippen molar-refractivity contribution in [3.63, 3.8) is 0 Å². The molecule has 1 amide bonds. The number of para-hydroxylation sites is 1. The van der Waals surface area contributed by atoms with Gasteiger partial charge < -0.3 is 10.0 Å². The van der Waals surface area contributed by atoms with Gasteiger partial charge in [-0.2, -0.15) is 13.2 Å². The Bertz CT molecular complexity index is 1210. The Morgan fingerprint density at radius 1 is 0.938 bits per heavy atom. The fraction of sp³-hybridized carbons (Fsp3) is 0.192. The molecular weight excluding hydrogens is 415 g/mol. The number of anilines is 1. The van der Waals surface area contributed by atoms with Gasteiger partial charge in [0.25, 0.3) is 5.91 Å². The zero-order valence-electron chi connectivity index (χ0n) is 17.3. The van der Waals surface area contributed by atoms with Crippen molar-refractivity contribution in [2.24, 2.45) is 0 Å². The summed E-state index contributed by atoms with van der Waals surface area (Å²) < 4.78 is 41.4. The highest BCUT2D eigenvalue weighted by Crippen LogP contribution is 2.47. The van der Waals surface area contributed by atoms with E-state index in [1.165, 1.54) is 12.1 Å². The normalized spacial score (nSPS) is 17.7. The number of hydrogen-bond donors (Lipinski definition) is 1. The summed E-state index contributed by atoms with van der Waals surface area (Å²) in [5.41, 5.74) is -1.59. The number of carbonyl (C=O) groups is 1. The van der Waals surface area contributed by atoms with Gasteiger partial charge in [-0.05, 0) is 41.7 Å². The highest BCUT2D eigenvalue weighted by Gasteiger charge is 2.52. The lowest BCUT2D eigenvalue weighted by atomic mass is 9.94. The Balaban J connectivity index is 1.83. The monoisotopic (exact) mass is 435 g/mol. The Labute approximate surface area is 184 Å². The van der Waals surface area contributed by atoms with Crippen LogP contribution in [-0.2, 0) is 29.5 Å². The van der Waals surface area contributed by atoms with Crippen molar-refractivity contribution in [1.29, 1.82) is 0 Å². The molecule has 0 unspecified atom stereocenters. The minimum absolute atomic E-state index is 0.116. The van der Waals surface area contributed by atoms with Crippen molar-refractivity contribution >= 4 is 11.6 Å². The summed E-state index contributed by atoms with van der Waals surface area (Å²) in [5.74, 6) is 4.43. The average Bonchev–Trinajstić information content (AvgIpc) is 3.00. The first-order chi connectivity index (χ1) is 15.2. The molecule has 162 valence electrons. The van der Waals surface area contributed by atoms with E-state index in [2.05, 4.69) is 11.8 Å². The lowest BCUT2D eigenvalue weighted by Crippen LogP contribution is -2.39. The smallest absolute Gasteiger partial charge is 0.366 e. The van der Waals surface area contributed by atoms with Crippen molar-refractivity contribution in [3.05, 3.63) is 101 Å². The Morgan fingerprint density at radius 3 is 2.25 bits per heavy atom. The van der Waals surface area contributed by atoms with Gasteiger partial charge in [0, 0.05) is 11.1 Å². The van der Waals surface area contributed by atoms with E-state index in [4.69, 9.17) is 0 Å². The molecule has 3 aromatic carbocycles. The van der Waals surface area contributed by atoms with Crippen LogP contribution in [0, 0.1) is 11.8 Å². The van der Waals surface area contributed by atoms with E-state index >= 15 is 0 Å². The number of aliphatic hydroxyl groups is 1. The van der Waals surface area contributed by atoms with Crippen molar-refractivity contribution in [2.45, 2.75) is 31.7 Å². The maximum atomic E-state index is 13.8. The predicted octanol–water partition coefficient (Wildman–Crippen LogP) is 5.05.